The van der Waals surface area contributed by atoms with Crippen LogP contribution in [-0.4, -0.2) is 20.1 Å². The summed E-state index contributed by atoms with van der Waals surface area (Å²) in [5, 5.41) is 0. The molecule has 12 heavy (non-hydrogen) atoms. The first-order chi connectivity index (χ1) is 5.35. The van der Waals surface area contributed by atoms with E-state index in [1.54, 1.807) is 13.8 Å². The molecule has 0 amide bonds. The van der Waals surface area contributed by atoms with Crippen LogP contribution in [0.1, 0.15) is 20.3 Å². The molecule has 1 saturated heterocycles. The van der Waals surface area contributed by atoms with E-state index in [1.807, 2.05) is 0 Å². The Hall–Kier alpha value is -0.570. The van der Waals surface area contributed by atoms with Gasteiger partial charge in [0.1, 0.15) is 6.10 Å². The van der Waals surface area contributed by atoms with Crippen molar-refractivity contribution in [3.63, 3.8) is 0 Å². The van der Waals surface area contributed by atoms with Crippen molar-refractivity contribution in [1.29, 1.82) is 0 Å². The van der Waals surface area contributed by atoms with Gasteiger partial charge >= 0.3 is 10.4 Å². The predicted molar refractivity (Wildman–Crippen MR) is 42.4 cm³/mol. The van der Waals surface area contributed by atoms with Crippen molar-refractivity contribution >= 4 is 10.4 Å². The highest BCUT2D eigenvalue weighted by Crippen LogP contribution is 2.27. The van der Waals surface area contributed by atoms with Crippen LogP contribution in [0.2, 0.25) is 0 Å². The molecule has 68 valence electrons. The number of rotatable bonds is 0. The van der Waals surface area contributed by atoms with Gasteiger partial charge in [-0.15, -0.1) is 6.42 Å². The average Bonchev–Trinajstić information content (AvgIpc) is 1.80. The van der Waals surface area contributed by atoms with Gasteiger partial charge in [0, 0.05) is 6.42 Å². The molecule has 4 nitrogen and oxygen atoms in total. The lowest BCUT2D eigenvalue weighted by Gasteiger charge is -2.31. The summed E-state index contributed by atoms with van der Waals surface area (Å²) in [6.45, 7) is 3.30. The van der Waals surface area contributed by atoms with E-state index in [2.05, 4.69) is 14.3 Å². The Bertz CT molecular complexity index is 309. The van der Waals surface area contributed by atoms with E-state index in [1.165, 1.54) is 0 Å². The quantitative estimate of drug-likeness (QED) is 0.520. The van der Waals surface area contributed by atoms with Crippen molar-refractivity contribution in [2.24, 2.45) is 0 Å². The van der Waals surface area contributed by atoms with Crippen LogP contribution in [0.25, 0.3) is 0 Å². The van der Waals surface area contributed by atoms with Crippen molar-refractivity contribution < 1.29 is 16.8 Å². The number of terminal acetylenes is 1. The highest BCUT2D eigenvalue weighted by Gasteiger charge is 2.38. The first-order valence-corrected chi connectivity index (χ1v) is 4.78. The fourth-order valence-corrected chi connectivity index (χ4v) is 2.11. The first kappa shape index (κ1) is 9.52. The highest BCUT2D eigenvalue weighted by molar-refractivity contribution is 7.82. The molecular weight excluding hydrogens is 180 g/mol. The second-order valence-electron chi connectivity index (χ2n) is 3.21. The van der Waals surface area contributed by atoms with E-state index in [0.29, 0.717) is 6.42 Å². The van der Waals surface area contributed by atoms with Crippen LogP contribution in [0.3, 0.4) is 0 Å². The molecule has 0 spiro atoms. The summed E-state index contributed by atoms with van der Waals surface area (Å²) in [7, 11) is -3.89. The third-order valence-electron chi connectivity index (χ3n) is 1.42. The second-order valence-corrected chi connectivity index (χ2v) is 4.38. The molecule has 1 rings (SSSR count). The van der Waals surface area contributed by atoms with Gasteiger partial charge < -0.3 is 0 Å². The lowest BCUT2D eigenvalue weighted by Crippen LogP contribution is -2.40. The van der Waals surface area contributed by atoms with Crippen LogP contribution in [-0.2, 0) is 18.8 Å². The van der Waals surface area contributed by atoms with E-state index in [-0.39, 0.29) is 0 Å². The van der Waals surface area contributed by atoms with Gasteiger partial charge in [-0.1, -0.05) is 5.92 Å². The molecule has 0 N–H and O–H groups in total. The standard InChI is InChI=1S/C7H10O4S/c1-4-6-5-7(2,3)11-12(8,9)10-6/h1,6H,5H2,2-3H3. The Kier molecular flexibility index (Phi) is 2.17. The monoisotopic (exact) mass is 190 g/mol. The van der Waals surface area contributed by atoms with Crippen molar-refractivity contribution in [3.05, 3.63) is 0 Å². The Labute approximate surface area is 72.2 Å². The first-order valence-electron chi connectivity index (χ1n) is 3.45. The minimum atomic E-state index is -3.89. The van der Waals surface area contributed by atoms with E-state index in [0.717, 1.165) is 0 Å². The summed E-state index contributed by atoms with van der Waals surface area (Å²) in [4.78, 5) is 0. The van der Waals surface area contributed by atoms with Gasteiger partial charge in [-0.2, -0.15) is 8.42 Å². The van der Waals surface area contributed by atoms with Crippen LogP contribution < -0.4 is 0 Å². The van der Waals surface area contributed by atoms with Gasteiger partial charge in [0.05, 0.1) is 5.60 Å². The van der Waals surface area contributed by atoms with Crippen LogP contribution in [0.15, 0.2) is 0 Å². The molecule has 1 aliphatic heterocycles. The molecule has 1 aliphatic rings. The maximum absolute atomic E-state index is 10.9. The van der Waals surface area contributed by atoms with Crippen LogP contribution in [0.5, 0.6) is 0 Å². The van der Waals surface area contributed by atoms with Crippen LogP contribution >= 0.6 is 0 Å². The van der Waals surface area contributed by atoms with Gasteiger partial charge in [0.15, 0.2) is 0 Å². The van der Waals surface area contributed by atoms with Crippen molar-refractivity contribution in [1.82, 2.24) is 0 Å². The maximum Gasteiger partial charge on any atom is 0.401 e. The molecule has 0 bridgehead atoms. The highest BCUT2D eigenvalue weighted by atomic mass is 32.3. The minimum absolute atomic E-state index is 0.378. The topological polar surface area (TPSA) is 52.6 Å². The molecule has 1 atom stereocenters. The minimum Gasteiger partial charge on any atom is -0.242 e. The fourth-order valence-electron chi connectivity index (χ4n) is 1.04. The molecule has 0 aromatic carbocycles. The molecule has 0 aliphatic carbocycles. The molecule has 0 aromatic heterocycles. The normalized spacial score (nSPS) is 32.2. The molecule has 1 heterocycles. The lowest BCUT2D eigenvalue weighted by molar-refractivity contribution is 0.00812. The molecule has 0 saturated carbocycles. The fraction of sp³-hybridized carbons (Fsp3) is 0.714. The van der Waals surface area contributed by atoms with Gasteiger partial charge in [-0.05, 0) is 13.8 Å². The summed E-state index contributed by atoms with van der Waals surface area (Å²) in [5.74, 6) is 2.23. The van der Waals surface area contributed by atoms with Gasteiger partial charge in [-0.25, -0.2) is 8.37 Å². The summed E-state index contributed by atoms with van der Waals surface area (Å²) in [5.41, 5.74) is -0.770. The molecular formula is C7H10O4S. The third-order valence-corrected chi connectivity index (χ3v) is 2.55. The second kappa shape index (κ2) is 2.73. The van der Waals surface area contributed by atoms with Crippen LogP contribution in [0, 0.1) is 12.3 Å². The number of hydrogen-bond donors (Lipinski definition) is 0. The molecule has 1 unspecified atom stereocenters. The maximum atomic E-state index is 10.9. The molecule has 0 radical (unpaired) electrons. The summed E-state index contributed by atoms with van der Waals surface area (Å²) < 4.78 is 30.9. The SMILES string of the molecule is C#CC1CC(C)(C)OS(=O)(=O)O1. The largest absolute Gasteiger partial charge is 0.401 e. The van der Waals surface area contributed by atoms with Gasteiger partial charge in [0.25, 0.3) is 0 Å². The molecule has 1 fully saturated rings. The molecule has 0 aromatic rings. The lowest BCUT2D eigenvalue weighted by atomic mass is 10.0. The van der Waals surface area contributed by atoms with E-state index >= 15 is 0 Å². The smallest absolute Gasteiger partial charge is 0.242 e. The average molecular weight is 190 g/mol. The van der Waals surface area contributed by atoms with Crippen molar-refractivity contribution in [3.8, 4) is 12.3 Å². The van der Waals surface area contributed by atoms with E-state index in [9.17, 15) is 8.42 Å². The zero-order valence-corrected chi connectivity index (χ0v) is 7.72. The Balaban J connectivity index is 2.89. The van der Waals surface area contributed by atoms with E-state index in [4.69, 9.17) is 6.42 Å². The summed E-state index contributed by atoms with van der Waals surface area (Å²) >= 11 is 0. The van der Waals surface area contributed by atoms with Gasteiger partial charge in [-0.3, -0.25) is 0 Å². The zero-order chi connectivity index (χ0) is 9.41. The van der Waals surface area contributed by atoms with E-state index < -0.39 is 22.1 Å². The number of hydrogen-bond acceptors (Lipinski definition) is 4. The Morgan fingerprint density at radius 3 is 2.58 bits per heavy atom. The Morgan fingerprint density at radius 1 is 1.58 bits per heavy atom. The van der Waals surface area contributed by atoms with Crippen molar-refractivity contribution in [2.45, 2.75) is 32.0 Å². The van der Waals surface area contributed by atoms with Crippen molar-refractivity contribution in [2.75, 3.05) is 0 Å². The summed E-state index contributed by atoms with van der Waals surface area (Å²) in [6, 6.07) is 0. The summed E-state index contributed by atoms with van der Waals surface area (Å²) in [6.07, 6.45) is 4.72. The zero-order valence-electron chi connectivity index (χ0n) is 6.90. The molecule has 5 heteroatoms. The van der Waals surface area contributed by atoms with Gasteiger partial charge in [0.2, 0.25) is 0 Å². The van der Waals surface area contributed by atoms with Crippen LogP contribution in [0.4, 0.5) is 0 Å². The Morgan fingerprint density at radius 2 is 2.17 bits per heavy atom. The predicted octanol–water partition coefficient (Wildman–Crippen LogP) is 0.449. The third kappa shape index (κ3) is 2.21.